The zero-order valence-electron chi connectivity index (χ0n) is 19.2. The molecule has 1 aliphatic heterocycles. The Morgan fingerprint density at radius 2 is 1.83 bits per heavy atom. The van der Waals surface area contributed by atoms with E-state index < -0.39 is 5.97 Å². The molecule has 0 amide bonds. The predicted octanol–water partition coefficient (Wildman–Crippen LogP) is 0.508. The van der Waals surface area contributed by atoms with Gasteiger partial charge >= 0.3 is 51.4 Å². The summed E-state index contributed by atoms with van der Waals surface area (Å²) in [6.07, 6.45) is 0.141. The largest absolute Gasteiger partial charge is 1.00 e. The number of halogens is 1. The van der Waals surface area contributed by atoms with Crippen LogP contribution >= 0.6 is 15.9 Å². The van der Waals surface area contributed by atoms with Gasteiger partial charge in [-0.1, -0.05) is 24.3 Å². The van der Waals surface area contributed by atoms with Crippen molar-refractivity contribution in [3.8, 4) is 17.2 Å². The normalized spacial score (nSPS) is 11.8. The summed E-state index contributed by atoms with van der Waals surface area (Å²) >= 11 is 3.49. The van der Waals surface area contributed by atoms with Crippen molar-refractivity contribution in [3.05, 3.63) is 97.7 Å². The van der Waals surface area contributed by atoms with Gasteiger partial charge in [-0.05, 0) is 63.5 Å². The number of fused-ring (bicyclic) bond motifs is 2. The minimum atomic E-state index is -1.41. The van der Waals surface area contributed by atoms with E-state index in [1.807, 2.05) is 24.3 Å². The van der Waals surface area contributed by atoms with Crippen LogP contribution in [-0.2, 0) is 13.0 Å². The first-order valence-electron chi connectivity index (χ1n) is 10.5. The smallest absolute Gasteiger partial charge is 0.543 e. The number of carbonyl (C=O) groups excluding carboxylic acids is 1. The van der Waals surface area contributed by atoms with Gasteiger partial charge in [0.05, 0.1) is 28.8 Å². The van der Waals surface area contributed by atoms with Crippen molar-refractivity contribution in [2.24, 2.45) is 0 Å². The van der Waals surface area contributed by atoms with Gasteiger partial charge < -0.3 is 28.7 Å². The van der Waals surface area contributed by atoms with Gasteiger partial charge in [0.2, 0.25) is 6.79 Å². The quantitative estimate of drug-likeness (QED) is 0.320. The van der Waals surface area contributed by atoms with Crippen LogP contribution < -0.4 is 76.1 Å². The molecule has 9 heteroatoms. The number of hydrogen-bond donors (Lipinski definition) is 0. The monoisotopic (exact) mass is 559 g/mol. The van der Waals surface area contributed by atoms with E-state index in [1.165, 1.54) is 0 Å². The molecule has 0 saturated heterocycles. The molecule has 35 heavy (non-hydrogen) atoms. The number of carbonyl (C=O) groups is 1. The van der Waals surface area contributed by atoms with Gasteiger partial charge in [-0.25, -0.2) is 0 Å². The standard InChI is InChI=1S/C26H20BrNO6.K/c1-32-17-8-6-15(7-9-17)10-19-23(26(30)31)28(21-5-3-2-4-18(21)24(19)29)13-16-11-20(27)25-22(12-16)33-14-34-25;/h2-9,11-12H,10,13-14H2,1H3,(H,30,31);/q;+1/p-1. The molecule has 4 aromatic rings. The third-order valence-electron chi connectivity index (χ3n) is 5.83. The molecule has 0 spiro atoms. The van der Waals surface area contributed by atoms with Crippen molar-refractivity contribution < 1.29 is 75.5 Å². The number of nitrogens with zero attached hydrogens (tertiary/aromatic N) is 1. The maximum atomic E-state index is 13.4. The number of carboxylic acids is 1. The van der Waals surface area contributed by atoms with Crippen LogP contribution in [0.1, 0.15) is 27.2 Å². The molecule has 7 nitrogen and oxygen atoms in total. The molecule has 0 fully saturated rings. The van der Waals surface area contributed by atoms with Crippen molar-refractivity contribution in [2.75, 3.05) is 13.9 Å². The molecule has 0 N–H and O–H groups in total. The number of ether oxygens (including phenoxy) is 3. The summed E-state index contributed by atoms with van der Waals surface area (Å²) in [5.74, 6) is 0.441. The summed E-state index contributed by atoms with van der Waals surface area (Å²) in [7, 11) is 1.57. The van der Waals surface area contributed by atoms with Crippen molar-refractivity contribution in [3.63, 3.8) is 0 Å². The Hall–Kier alpha value is -2.14. The first kappa shape index (κ1) is 25.9. The molecule has 0 aliphatic carbocycles. The number of benzene rings is 3. The first-order chi connectivity index (χ1) is 16.5. The van der Waals surface area contributed by atoms with Crippen molar-refractivity contribution in [1.82, 2.24) is 4.57 Å². The average molecular weight is 560 g/mol. The molecule has 0 radical (unpaired) electrons. The van der Waals surface area contributed by atoms with E-state index >= 15 is 0 Å². The SMILES string of the molecule is COc1ccc(Cc2c(C(=O)[O-])n(Cc3cc(Br)c4c(c3)OCO4)c3ccccc3c2=O)cc1.[K+]. The molecule has 1 aliphatic rings. The molecule has 172 valence electrons. The minimum Gasteiger partial charge on any atom is -0.543 e. The molecular formula is C26H19BrKNO6. The number of aromatic nitrogens is 1. The van der Waals surface area contributed by atoms with E-state index in [0.717, 1.165) is 11.1 Å². The van der Waals surface area contributed by atoms with Crippen molar-refractivity contribution in [2.45, 2.75) is 13.0 Å². The van der Waals surface area contributed by atoms with Crippen LogP contribution in [0, 0.1) is 0 Å². The fourth-order valence-corrected chi connectivity index (χ4v) is 4.86. The summed E-state index contributed by atoms with van der Waals surface area (Å²) in [4.78, 5) is 25.8. The molecule has 0 bridgehead atoms. The zero-order valence-corrected chi connectivity index (χ0v) is 23.9. The van der Waals surface area contributed by atoms with Gasteiger partial charge in [0.15, 0.2) is 16.9 Å². The molecular weight excluding hydrogens is 541 g/mol. The van der Waals surface area contributed by atoms with E-state index in [4.69, 9.17) is 14.2 Å². The van der Waals surface area contributed by atoms with Crippen LogP contribution in [0.3, 0.4) is 0 Å². The Balaban J connectivity index is 0.00000289. The Morgan fingerprint density at radius 1 is 1.09 bits per heavy atom. The van der Waals surface area contributed by atoms with Gasteiger partial charge in [0, 0.05) is 23.9 Å². The Labute approximate surface area is 252 Å². The molecule has 1 aromatic heterocycles. The second-order valence-electron chi connectivity index (χ2n) is 7.88. The number of hydrogen-bond acceptors (Lipinski definition) is 6. The molecule has 0 atom stereocenters. The minimum absolute atomic E-state index is 0. The predicted molar refractivity (Wildman–Crippen MR) is 128 cm³/mol. The number of rotatable bonds is 6. The van der Waals surface area contributed by atoms with Gasteiger partial charge in [-0.2, -0.15) is 0 Å². The summed E-state index contributed by atoms with van der Waals surface area (Å²) in [6, 6.07) is 17.8. The fourth-order valence-electron chi connectivity index (χ4n) is 4.26. The van der Waals surface area contributed by atoms with Crippen LogP contribution in [-0.4, -0.2) is 24.4 Å². The van der Waals surface area contributed by atoms with Gasteiger partial charge in [-0.3, -0.25) is 4.79 Å². The third-order valence-corrected chi connectivity index (χ3v) is 6.42. The number of para-hydroxylation sites is 1. The summed E-state index contributed by atoms with van der Waals surface area (Å²) in [6.45, 7) is 0.309. The second kappa shape index (κ2) is 10.9. The summed E-state index contributed by atoms with van der Waals surface area (Å²) < 4.78 is 18.5. The van der Waals surface area contributed by atoms with Gasteiger partial charge in [0.25, 0.3) is 0 Å². The van der Waals surface area contributed by atoms with Crippen molar-refractivity contribution >= 4 is 32.8 Å². The van der Waals surface area contributed by atoms with Crippen LogP contribution in [0.4, 0.5) is 0 Å². The van der Waals surface area contributed by atoms with E-state index in [0.29, 0.717) is 32.6 Å². The average Bonchev–Trinajstić information content (AvgIpc) is 3.31. The van der Waals surface area contributed by atoms with E-state index in [9.17, 15) is 14.7 Å². The van der Waals surface area contributed by atoms with Crippen molar-refractivity contribution in [1.29, 1.82) is 0 Å². The number of aromatic carboxylic acids is 1. The number of pyridine rings is 1. The van der Waals surface area contributed by atoms with E-state index in [-0.39, 0.29) is 87.8 Å². The second-order valence-corrected chi connectivity index (χ2v) is 8.74. The molecule has 5 rings (SSSR count). The van der Waals surface area contributed by atoms with Gasteiger partial charge in [0.1, 0.15) is 5.75 Å². The molecule has 0 saturated carbocycles. The maximum absolute atomic E-state index is 13.4. The molecule has 0 unspecified atom stereocenters. The van der Waals surface area contributed by atoms with Crippen LogP contribution in [0.2, 0.25) is 0 Å². The molecule has 2 heterocycles. The van der Waals surface area contributed by atoms with Crippen LogP contribution in [0.25, 0.3) is 10.9 Å². The Kier molecular flexibility index (Phi) is 8.04. The topological polar surface area (TPSA) is 89.8 Å². The van der Waals surface area contributed by atoms with Crippen LogP contribution in [0.15, 0.2) is 69.9 Å². The summed E-state index contributed by atoms with van der Waals surface area (Å²) in [5.41, 5.74) is 1.78. The summed E-state index contributed by atoms with van der Waals surface area (Å²) in [5, 5.41) is 12.9. The number of carboxylic acid groups (broad SMARTS) is 1. The zero-order chi connectivity index (χ0) is 23.8. The Morgan fingerprint density at radius 3 is 2.54 bits per heavy atom. The molecule has 3 aromatic carbocycles. The number of methoxy groups -OCH3 is 1. The third kappa shape index (κ3) is 5.07. The maximum Gasteiger partial charge on any atom is 1.00 e. The van der Waals surface area contributed by atoms with Crippen LogP contribution in [0.5, 0.6) is 17.2 Å². The van der Waals surface area contributed by atoms with E-state index in [2.05, 4.69) is 15.9 Å². The fraction of sp³-hybridized carbons (Fsp3) is 0.154. The first-order valence-corrected chi connectivity index (χ1v) is 11.3. The Bertz CT molecular complexity index is 1480. The van der Waals surface area contributed by atoms with E-state index in [1.54, 1.807) is 48.1 Å². The van der Waals surface area contributed by atoms with Gasteiger partial charge in [-0.15, -0.1) is 0 Å².